The van der Waals surface area contributed by atoms with E-state index in [0.717, 1.165) is 10.6 Å². The molecule has 5 nitrogen and oxygen atoms in total. The Balaban J connectivity index is 1.69. The average Bonchev–Trinajstić information content (AvgIpc) is 2.93. The summed E-state index contributed by atoms with van der Waals surface area (Å²) in [5, 5.41) is 2.53. The first-order chi connectivity index (χ1) is 9.74. The minimum absolute atomic E-state index is 0.0304. The van der Waals surface area contributed by atoms with Gasteiger partial charge in [0.1, 0.15) is 17.2 Å². The monoisotopic (exact) mass is 287 g/mol. The van der Waals surface area contributed by atoms with Crippen LogP contribution in [0, 0.1) is 0 Å². The van der Waals surface area contributed by atoms with E-state index in [0.29, 0.717) is 24.2 Å². The normalized spacial score (nSPS) is 10.8. The molecule has 0 fully saturated rings. The van der Waals surface area contributed by atoms with Gasteiger partial charge in [0.05, 0.1) is 18.3 Å². The smallest absolute Gasteiger partial charge is 0.262 e. The molecule has 0 aliphatic rings. The quantitative estimate of drug-likeness (QED) is 0.746. The summed E-state index contributed by atoms with van der Waals surface area (Å²) in [5.74, 6) is 0.733. The number of ether oxygens (including phenoxy) is 1. The van der Waals surface area contributed by atoms with E-state index in [4.69, 9.17) is 10.5 Å². The molecule has 102 valence electrons. The summed E-state index contributed by atoms with van der Waals surface area (Å²) in [6, 6.07) is 8.96. The van der Waals surface area contributed by atoms with Crippen LogP contribution >= 0.6 is 11.3 Å². The summed E-state index contributed by atoms with van der Waals surface area (Å²) >= 11 is 1.46. The fourth-order valence-corrected chi connectivity index (χ4v) is 2.60. The predicted molar refractivity (Wildman–Crippen MR) is 80.2 cm³/mol. The molecule has 0 saturated carbocycles. The molecule has 0 aliphatic carbocycles. The molecular formula is C14H13N3O2S. The SMILES string of the molecule is Nc1ccc(OCCn2cnc3sccc3c2=O)cc1. The molecule has 3 rings (SSSR count). The lowest BCUT2D eigenvalue weighted by Gasteiger charge is -2.08. The highest BCUT2D eigenvalue weighted by Gasteiger charge is 2.04. The zero-order chi connectivity index (χ0) is 13.9. The van der Waals surface area contributed by atoms with Crippen LogP contribution < -0.4 is 16.0 Å². The van der Waals surface area contributed by atoms with Gasteiger partial charge in [0.2, 0.25) is 0 Å². The van der Waals surface area contributed by atoms with Gasteiger partial charge < -0.3 is 10.5 Å². The molecule has 0 unspecified atom stereocenters. The molecule has 6 heteroatoms. The van der Waals surface area contributed by atoms with Crippen LogP contribution in [0.3, 0.4) is 0 Å². The van der Waals surface area contributed by atoms with Crippen molar-refractivity contribution in [3.63, 3.8) is 0 Å². The van der Waals surface area contributed by atoms with Crippen LogP contribution in [-0.2, 0) is 6.54 Å². The second-order valence-electron chi connectivity index (χ2n) is 4.30. The van der Waals surface area contributed by atoms with Gasteiger partial charge in [0.15, 0.2) is 0 Å². The maximum Gasteiger partial charge on any atom is 0.262 e. The number of nitrogen functional groups attached to an aromatic ring is 1. The van der Waals surface area contributed by atoms with E-state index >= 15 is 0 Å². The van der Waals surface area contributed by atoms with Crippen LogP contribution in [0.5, 0.6) is 5.75 Å². The number of nitrogens with two attached hydrogens (primary N) is 1. The van der Waals surface area contributed by atoms with Crippen molar-refractivity contribution in [2.45, 2.75) is 6.54 Å². The zero-order valence-electron chi connectivity index (χ0n) is 10.7. The lowest BCUT2D eigenvalue weighted by molar-refractivity contribution is 0.296. The molecule has 0 radical (unpaired) electrons. The Kier molecular flexibility index (Phi) is 3.39. The minimum Gasteiger partial charge on any atom is -0.492 e. The third kappa shape index (κ3) is 2.50. The number of rotatable bonds is 4. The summed E-state index contributed by atoms with van der Waals surface area (Å²) in [5.41, 5.74) is 6.27. The van der Waals surface area contributed by atoms with Gasteiger partial charge in [-0.3, -0.25) is 9.36 Å². The van der Waals surface area contributed by atoms with Crippen LogP contribution in [0.4, 0.5) is 5.69 Å². The van der Waals surface area contributed by atoms with Crippen molar-refractivity contribution in [3.8, 4) is 5.75 Å². The summed E-state index contributed by atoms with van der Waals surface area (Å²) in [4.78, 5) is 17.2. The van der Waals surface area contributed by atoms with Gasteiger partial charge in [-0.15, -0.1) is 11.3 Å². The molecule has 20 heavy (non-hydrogen) atoms. The third-order valence-corrected chi connectivity index (χ3v) is 3.75. The summed E-state index contributed by atoms with van der Waals surface area (Å²) in [7, 11) is 0. The van der Waals surface area contributed by atoms with Crippen molar-refractivity contribution in [2.75, 3.05) is 12.3 Å². The molecule has 0 saturated heterocycles. The molecule has 0 atom stereocenters. The number of benzene rings is 1. The second kappa shape index (κ2) is 5.34. The van der Waals surface area contributed by atoms with E-state index in [9.17, 15) is 4.79 Å². The molecule has 2 aromatic heterocycles. The van der Waals surface area contributed by atoms with E-state index in [1.165, 1.54) is 11.3 Å². The van der Waals surface area contributed by atoms with Gasteiger partial charge in [0, 0.05) is 5.69 Å². The average molecular weight is 287 g/mol. The van der Waals surface area contributed by atoms with E-state index in [2.05, 4.69) is 4.98 Å². The zero-order valence-corrected chi connectivity index (χ0v) is 11.5. The van der Waals surface area contributed by atoms with E-state index in [1.807, 2.05) is 5.38 Å². The van der Waals surface area contributed by atoms with Gasteiger partial charge in [-0.25, -0.2) is 4.98 Å². The highest BCUT2D eigenvalue weighted by Crippen LogP contribution is 2.14. The predicted octanol–water partition coefficient (Wildman–Crippen LogP) is 2.12. The summed E-state index contributed by atoms with van der Waals surface area (Å²) in [6.45, 7) is 0.864. The van der Waals surface area contributed by atoms with Crippen molar-refractivity contribution in [3.05, 3.63) is 52.4 Å². The van der Waals surface area contributed by atoms with Crippen molar-refractivity contribution in [1.29, 1.82) is 0 Å². The van der Waals surface area contributed by atoms with Crippen LogP contribution in [0.2, 0.25) is 0 Å². The van der Waals surface area contributed by atoms with Gasteiger partial charge in [-0.2, -0.15) is 0 Å². The first kappa shape index (κ1) is 12.7. The van der Waals surface area contributed by atoms with Gasteiger partial charge in [-0.05, 0) is 35.7 Å². The number of nitrogens with zero attached hydrogens (tertiary/aromatic N) is 2. The number of thiophene rings is 1. The maximum absolute atomic E-state index is 12.1. The van der Waals surface area contributed by atoms with Crippen molar-refractivity contribution < 1.29 is 4.74 Å². The Labute approximate surface area is 119 Å². The van der Waals surface area contributed by atoms with Crippen LogP contribution in [0.15, 0.2) is 46.8 Å². The first-order valence-corrected chi connectivity index (χ1v) is 7.03. The number of hydrogen-bond donors (Lipinski definition) is 1. The number of hydrogen-bond acceptors (Lipinski definition) is 5. The van der Waals surface area contributed by atoms with Crippen LogP contribution in [0.1, 0.15) is 0 Å². The van der Waals surface area contributed by atoms with Crippen LogP contribution in [0.25, 0.3) is 10.2 Å². The molecule has 0 bridgehead atoms. The van der Waals surface area contributed by atoms with Crippen molar-refractivity contribution in [2.24, 2.45) is 0 Å². The molecule has 2 N–H and O–H groups in total. The Morgan fingerprint density at radius 1 is 1.25 bits per heavy atom. The Bertz CT molecular complexity index is 777. The fraction of sp³-hybridized carbons (Fsp3) is 0.143. The standard InChI is InChI=1S/C14H13N3O2S/c15-10-1-3-11(4-2-10)19-7-6-17-9-16-13-12(14(17)18)5-8-20-13/h1-5,8-9H,6-7,15H2. The first-order valence-electron chi connectivity index (χ1n) is 6.15. The summed E-state index contributed by atoms with van der Waals surface area (Å²) in [6.07, 6.45) is 1.56. The Morgan fingerprint density at radius 3 is 2.85 bits per heavy atom. The molecule has 0 spiro atoms. The largest absolute Gasteiger partial charge is 0.492 e. The third-order valence-electron chi connectivity index (χ3n) is 2.93. The maximum atomic E-state index is 12.1. The number of anilines is 1. The minimum atomic E-state index is -0.0304. The molecule has 0 amide bonds. The molecule has 3 aromatic rings. The van der Waals surface area contributed by atoms with Crippen molar-refractivity contribution >= 4 is 27.2 Å². The van der Waals surface area contributed by atoms with E-state index in [-0.39, 0.29) is 5.56 Å². The number of fused-ring (bicyclic) bond motifs is 1. The number of aromatic nitrogens is 2. The molecule has 1 aromatic carbocycles. The second-order valence-corrected chi connectivity index (χ2v) is 5.19. The van der Waals surface area contributed by atoms with E-state index in [1.54, 1.807) is 41.2 Å². The molecular weight excluding hydrogens is 274 g/mol. The van der Waals surface area contributed by atoms with Gasteiger partial charge in [-0.1, -0.05) is 0 Å². The van der Waals surface area contributed by atoms with E-state index < -0.39 is 0 Å². The lowest BCUT2D eigenvalue weighted by Crippen LogP contribution is -2.23. The Morgan fingerprint density at radius 2 is 2.05 bits per heavy atom. The highest BCUT2D eigenvalue weighted by atomic mass is 32.1. The molecule has 2 heterocycles. The van der Waals surface area contributed by atoms with Gasteiger partial charge >= 0.3 is 0 Å². The highest BCUT2D eigenvalue weighted by molar-refractivity contribution is 7.16. The molecule has 0 aliphatic heterocycles. The van der Waals surface area contributed by atoms with Crippen molar-refractivity contribution in [1.82, 2.24) is 9.55 Å². The fourth-order valence-electron chi connectivity index (χ4n) is 1.88. The summed E-state index contributed by atoms with van der Waals surface area (Å²) < 4.78 is 7.13. The Hall–Kier alpha value is -2.34. The lowest BCUT2D eigenvalue weighted by atomic mass is 10.3. The van der Waals surface area contributed by atoms with Gasteiger partial charge in [0.25, 0.3) is 5.56 Å². The van der Waals surface area contributed by atoms with Crippen LogP contribution in [-0.4, -0.2) is 16.2 Å². The topological polar surface area (TPSA) is 70.1 Å².